The molecule has 1 N–H and O–H groups in total. The maximum Gasteiger partial charge on any atom is 0.235 e. The highest BCUT2D eigenvalue weighted by Gasteiger charge is 2.44. The Bertz CT molecular complexity index is 1380. The highest BCUT2D eigenvalue weighted by atomic mass is 35.5. The number of hydrogen-bond donors (Lipinski definition) is 1. The van der Waals surface area contributed by atoms with E-state index in [4.69, 9.17) is 16.7 Å². The molecule has 0 radical (unpaired) electrons. The lowest BCUT2D eigenvalue weighted by Gasteiger charge is -2.31. The van der Waals surface area contributed by atoms with Crippen molar-refractivity contribution in [3.8, 4) is 5.69 Å². The smallest absolute Gasteiger partial charge is 0.235 e. The van der Waals surface area contributed by atoms with E-state index in [9.17, 15) is 14.0 Å². The molecule has 0 bridgehead atoms. The van der Waals surface area contributed by atoms with Crippen LogP contribution in [0.3, 0.4) is 0 Å². The van der Waals surface area contributed by atoms with Gasteiger partial charge in [-0.3, -0.25) is 9.59 Å². The van der Waals surface area contributed by atoms with Crippen LogP contribution in [0.1, 0.15) is 28.4 Å². The molecule has 0 saturated carbocycles. The lowest BCUT2D eigenvalue weighted by Crippen LogP contribution is -2.40. The Kier molecular flexibility index (Phi) is 5.75. The molecule has 1 heterocycles. The minimum atomic E-state index is -0.996. The van der Waals surface area contributed by atoms with Crippen LogP contribution in [-0.4, -0.2) is 21.5 Å². The van der Waals surface area contributed by atoms with Gasteiger partial charge < -0.3 is 5.32 Å². The summed E-state index contributed by atoms with van der Waals surface area (Å²) in [5.74, 6) is -2.64. The third-order valence-corrected chi connectivity index (χ3v) is 6.38. The standard InChI is InChI=1S/C27H21ClFN3O2/c1-16-24-22(32(31-16)21-8-3-2-4-9-21)15-23(33)26(25(24)17-10-12-19(29)13-11-17)27(34)30-20-7-5-6-18(28)14-20/h2-14,25-26H,15H2,1H3,(H,30,34)/t25-,26+/m0/s1. The normalized spacial score (nSPS) is 17.3. The van der Waals surface area contributed by atoms with E-state index in [1.165, 1.54) is 12.1 Å². The van der Waals surface area contributed by atoms with Gasteiger partial charge in [-0.25, -0.2) is 9.07 Å². The molecule has 34 heavy (non-hydrogen) atoms. The molecule has 1 aliphatic carbocycles. The zero-order valence-corrected chi connectivity index (χ0v) is 19.1. The Balaban J connectivity index is 1.63. The summed E-state index contributed by atoms with van der Waals surface area (Å²) >= 11 is 6.07. The fraction of sp³-hybridized carbons (Fsp3) is 0.148. The Labute approximate surface area is 201 Å². The van der Waals surface area contributed by atoms with Gasteiger partial charge in [0.1, 0.15) is 11.7 Å². The summed E-state index contributed by atoms with van der Waals surface area (Å²) in [6.45, 7) is 1.87. The van der Waals surface area contributed by atoms with Gasteiger partial charge in [-0.2, -0.15) is 5.10 Å². The van der Waals surface area contributed by atoms with E-state index in [0.29, 0.717) is 16.3 Å². The average molecular weight is 474 g/mol. The number of hydrogen-bond acceptors (Lipinski definition) is 3. The Morgan fingerprint density at radius 1 is 1.06 bits per heavy atom. The minimum absolute atomic E-state index is 0.0659. The van der Waals surface area contributed by atoms with Crippen molar-refractivity contribution < 1.29 is 14.0 Å². The number of ketones is 1. The first-order chi connectivity index (χ1) is 16.4. The number of carbonyl (C=O) groups excluding carboxylic acids is 2. The molecule has 7 heteroatoms. The van der Waals surface area contributed by atoms with Crippen LogP contribution < -0.4 is 5.32 Å². The molecule has 0 aliphatic heterocycles. The zero-order valence-electron chi connectivity index (χ0n) is 18.3. The van der Waals surface area contributed by atoms with Crippen molar-refractivity contribution in [2.45, 2.75) is 19.3 Å². The van der Waals surface area contributed by atoms with Gasteiger partial charge in [0.15, 0.2) is 5.78 Å². The molecule has 0 fully saturated rings. The number of anilines is 1. The van der Waals surface area contributed by atoms with Crippen molar-refractivity contribution in [1.82, 2.24) is 9.78 Å². The fourth-order valence-electron chi connectivity index (χ4n) is 4.69. The van der Waals surface area contributed by atoms with Gasteiger partial charge in [0.05, 0.1) is 23.5 Å². The van der Waals surface area contributed by atoms with Crippen LogP contribution >= 0.6 is 11.6 Å². The number of Topliss-reactive ketones (excluding diaryl/α,β-unsaturated/α-hetero) is 1. The number of nitrogens with zero attached hydrogens (tertiary/aromatic N) is 2. The summed E-state index contributed by atoms with van der Waals surface area (Å²) in [6.07, 6.45) is 0.0659. The third kappa shape index (κ3) is 4.01. The van der Waals surface area contributed by atoms with Crippen molar-refractivity contribution in [3.63, 3.8) is 0 Å². The summed E-state index contributed by atoms with van der Waals surface area (Å²) in [4.78, 5) is 27.0. The van der Waals surface area contributed by atoms with Crippen LogP contribution in [0.15, 0.2) is 78.9 Å². The zero-order chi connectivity index (χ0) is 23.8. The Morgan fingerprint density at radius 2 is 1.79 bits per heavy atom. The molecule has 0 unspecified atom stereocenters. The lowest BCUT2D eigenvalue weighted by atomic mass is 9.72. The number of fused-ring (bicyclic) bond motifs is 1. The predicted octanol–water partition coefficient (Wildman–Crippen LogP) is 5.49. The first kappa shape index (κ1) is 22.0. The van der Waals surface area contributed by atoms with Crippen LogP contribution in [0, 0.1) is 18.7 Å². The monoisotopic (exact) mass is 473 g/mol. The van der Waals surface area contributed by atoms with E-state index in [0.717, 1.165) is 22.6 Å². The minimum Gasteiger partial charge on any atom is -0.325 e. The van der Waals surface area contributed by atoms with E-state index < -0.39 is 17.7 Å². The molecular formula is C27H21ClFN3O2. The second-order valence-corrected chi connectivity index (χ2v) is 8.78. The number of amides is 1. The Hall–Kier alpha value is -3.77. The van der Waals surface area contributed by atoms with E-state index in [1.807, 2.05) is 37.3 Å². The highest BCUT2D eigenvalue weighted by Crippen LogP contribution is 2.42. The molecule has 0 saturated heterocycles. The number of aromatic nitrogens is 2. The van der Waals surface area contributed by atoms with Crippen molar-refractivity contribution in [2.75, 3.05) is 5.32 Å². The van der Waals surface area contributed by atoms with Crippen molar-refractivity contribution in [1.29, 1.82) is 0 Å². The SMILES string of the molecule is Cc1nn(-c2ccccc2)c2c1[C@H](c1ccc(F)cc1)[C@H](C(=O)Nc1cccc(Cl)c1)C(=O)C2. The van der Waals surface area contributed by atoms with E-state index in [-0.39, 0.29) is 18.0 Å². The molecule has 2 atom stereocenters. The first-order valence-corrected chi connectivity index (χ1v) is 11.3. The van der Waals surface area contributed by atoms with Crippen molar-refractivity contribution in [2.24, 2.45) is 5.92 Å². The first-order valence-electron chi connectivity index (χ1n) is 10.9. The maximum atomic E-state index is 13.7. The van der Waals surface area contributed by atoms with E-state index >= 15 is 0 Å². The molecule has 5 rings (SSSR count). The van der Waals surface area contributed by atoms with Crippen LogP contribution in [-0.2, 0) is 16.0 Å². The van der Waals surface area contributed by atoms with E-state index in [1.54, 1.807) is 41.1 Å². The van der Waals surface area contributed by atoms with Gasteiger partial charge in [-0.15, -0.1) is 0 Å². The summed E-state index contributed by atoms with van der Waals surface area (Å²) < 4.78 is 15.5. The molecule has 0 spiro atoms. The fourth-order valence-corrected chi connectivity index (χ4v) is 4.88. The summed E-state index contributed by atoms with van der Waals surface area (Å²) in [5, 5.41) is 8.04. The highest BCUT2D eigenvalue weighted by molar-refractivity contribution is 6.31. The van der Waals surface area contributed by atoms with Crippen LogP contribution in [0.4, 0.5) is 10.1 Å². The van der Waals surface area contributed by atoms with Gasteiger partial charge in [-0.1, -0.05) is 48.0 Å². The van der Waals surface area contributed by atoms with Gasteiger partial charge in [0, 0.05) is 22.2 Å². The van der Waals surface area contributed by atoms with E-state index in [2.05, 4.69) is 5.32 Å². The second-order valence-electron chi connectivity index (χ2n) is 8.34. The molecule has 170 valence electrons. The molecule has 1 amide bonds. The molecule has 4 aromatic rings. The maximum absolute atomic E-state index is 13.7. The number of aryl methyl sites for hydroxylation is 1. The number of halogens is 2. The summed E-state index contributed by atoms with van der Waals surface area (Å²) in [5.41, 5.74) is 4.31. The summed E-state index contributed by atoms with van der Waals surface area (Å²) in [7, 11) is 0. The predicted molar refractivity (Wildman–Crippen MR) is 129 cm³/mol. The molecule has 1 aromatic heterocycles. The third-order valence-electron chi connectivity index (χ3n) is 6.14. The quantitative estimate of drug-likeness (QED) is 0.399. The number of nitrogens with one attached hydrogen (secondary N) is 1. The van der Waals surface area contributed by atoms with Gasteiger partial charge in [0.25, 0.3) is 0 Å². The Morgan fingerprint density at radius 3 is 2.50 bits per heavy atom. The number of rotatable bonds is 4. The second kappa shape index (κ2) is 8.88. The topological polar surface area (TPSA) is 64.0 Å². The average Bonchev–Trinajstić information content (AvgIpc) is 3.15. The van der Waals surface area contributed by atoms with Gasteiger partial charge >= 0.3 is 0 Å². The van der Waals surface area contributed by atoms with Crippen LogP contribution in [0.25, 0.3) is 5.69 Å². The lowest BCUT2D eigenvalue weighted by molar-refractivity contribution is -0.131. The van der Waals surface area contributed by atoms with Gasteiger partial charge in [0.2, 0.25) is 5.91 Å². The molecular weight excluding hydrogens is 453 g/mol. The van der Waals surface area contributed by atoms with Crippen LogP contribution in [0.2, 0.25) is 5.02 Å². The molecule has 3 aromatic carbocycles. The molecule has 1 aliphatic rings. The van der Waals surface area contributed by atoms with Gasteiger partial charge in [-0.05, 0) is 55.0 Å². The molecule has 5 nitrogen and oxygen atoms in total. The number of carbonyl (C=O) groups is 2. The van der Waals surface area contributed by atoms with Crippen LogP contribution in [0.5, 0.6) is 0 Å². The number of para-hydroxylation sites is 1. The summed E-state index contributed by atoms with van der Waals surface area (Å²) in [6, 6.07) is 22.3. The van der Waals surface area contributed by atoms with Crippen molar-refractivity contribution >= 4 is 29.0 Å². The number of benzene rings is 3. The van der Waals surface area contributed by atoms with Crippen molar-refractivity contribution in [3.05, 3.63) is 112 Å². The largest absolute Gasteiger partial charge is 0.325 e.